The first kappa shape index (κ1) is 12.7. The van der Waals surface area contributed by atoms with Crippen LogP contribution in [-0.4, -0.2) is 53.4 Å². The molecule has 0 amide bonds. The van der Waals surface area contributed by atoms with E-state index in [0.717, 1.165) is 37.0 Å². The van der Waals surface area contributed by atoms with Gasteiger partial charge in [0.2, 0.25) is 5.95 Å². The molecule has 1 aliphatic rings. The van der Waals surface area contributed by atoms with Crippen molar-refractivity contribution in [2.24, 2.45) is 0 Å². The Morgan fingerprint density at radius 1 is 1.47 bits per heavy atom. The molecule has 0 spiro atoms. The molecule has 2 N–H and O–H groups in total. The van der Waals surface area contributed by atoms with E-state index in [1.54, 1.807) is 0 Å². The maximum absolute atomic E-state index is 4.55. The second-order valence-corrected chi connectivity index (χ2v) is 5.36. The average Bonchev–Trinajstić information content (AvgIpc) is 2.85. The summed E-state index contributed by atoms with van der Waals surface area (Å²) in [5.41, 5.74) is 0. The molecule has 96 valence electrons. The van der Waals surface area contributed by atoms with Gasteiger partial charge in [-0.2, -0.15) is 16.7 Å². The topological polar surface area (TPSA) is 56.8 Å². The van der Waals surface area contributed by atoms with E-state index < -0.39 is 0 Å². The summed E-state index contributed by atoms with van der Waals surface area (Å²) >= 11 is 1.83. The summed E-state index contributed by atoms with van der Waals surface area (Å²) in [6, 6.07) is 0.654. The lowest BCUT2D eigenvalue weighted by molar-refractivity contribution is 0.439. The van der Waals surface area contributed by atoms with Gasteiger partial charge in [-0.3, -0.25) is 5.10 Å². The van der Waals surface area contributed by atoms with Crippen LogP contribution < -0.4 is 10.2 Å². The summed E-state index contributed by atoms with van der Waals surface area (Å²) < 4.78 is 0. The van der Waals surface area contributed by atoms with Crippen LogP contribution >= 0.6 is 11.8 Å². The third kappa shape index (κ3) is 3.35. The number of rotatable bonds is 5. The summed E-state index contributed by atoms with van der Waals surface area (Å²) in [6.45, 7) is 2.09. The first-order valence-corrected chi connectivity index (χ1v) is 7.55. The Hall–Kier alpha value is -0.750. The van der Waals surface area contributed by atoms with Crippen molar-refractivity contribution in [3.05, 3.63) is 5.82 Å². The fourth-order valence-corrected chi connectivity index (χ4v) is 2.50. The molecule has 17 heavy (non-hydrogen) atoms. The molecule has 0 aromatic carbocycles. The molecule has 1 saturated heterocycles. The van der Waals surface area contributed by atoms with Gasteiger partial charge in [0, 0.05) is 31.3 Å². The van der Waals surface area contributed by atoms with Gasteiger partial charge in [0.25, 0.3) is 0 Å². The molecular weight excluding hydrogens is 234 g/mol. The van der Waals surface area contributed by atoms with Crippen molar-refractivity contribution in [2.75, 3.05) is 37.0 Å². The molecule has 0 unspecified atom stereocenters. The molecule has 2 rings (SSSR count). The van der Waals surface area contributed by atoms with Crippen molar-refractivity contribution in [3.8, 4) is 0 Å². The van der Waals surface area contributed by atoms with Gasteiger partial charge in [-0.25, -0.2) is 0 Å². The standard InChI is InChI=1S/C11H21N5S/c1-12-9-3-6-16(7-4-9)11-13-10(14-15-11)5-8-17-2/h9,12H,3-8H2,1-2H3,(H,13,14,15). The number of aryl methyl sites for hydroxylation is 1. The highest BCUT2D eigenvalue weighted by Crippen LogP contribution is 2.16. The van der Waals surface area contributed by atoms with Crippen LogP contribution in [0.5, 0.6) is 0 Å². The molecule has 0 bridgehead atoms. The second-order valence-electron chi connectivity index (χ2n) is 4.37. The number of H-pyrrole nitrogens is 1. The van der Waals surface area contributed by atoms with Crippen LogP contribution in [0.1, 0.15) is 18.7 Å². The maximum atomic E-state index is 4.55. The third-order valence-electron chi connectivity index (χ3n) is 3.25. The largest absolute Gasteiger partial charge is 0.339 e. The van der Waals surface area contributed by atoms with Crippen LogP contribution in [0.25, 0.3) is 0 Å². The lowest BCUT2D eigenvalue weighted by atomic mass is 10.1. The number of nitrogens with one attached hydrogen (secondary N) is 2. The summed E-state index contributed by atoms with van der Waals surface area (Å²) in [5.74, 6) is 2.97. The number of piperidine rings is 1. The minimum atomic E-state index is 0.654. The van der Waals surface area contributed by atoms with Crippen LogP contribution in [0.3, 0.4) is 0 Å². The molecule has 5 nitrogen and oxygen atoms in total. The molecule has 1 aromatic rings. The van der Waals surface area contributed by atoms with E-state index in [0.29, 0.717) is 6.04 Å². The van der Waals surface area contributed by atoms with Crippen LogP contribution in [0.2, 0.25) is 0 Å². The average molecular weight is 255 g/mol. The Kier molecular flexibility index (Phi) is 4.67. The Morgan fingerprint density at radius 2 is 2.24 bits per heavy atom. The summed E-state index contributed by atoms with van der Waals surface area (Å²) in [7, 11) is 2.04. The molecule has 1 fully saturated rings. The normalized spacial score (nSPS) is 17.6. The monoisotopic (exact) mass is 255 g/mol. The van der Waals surface area contributed by atoms with Gasteiger partial charge < -0.3 is 10.2 Å². The van der Waals surface area contributed by atoms with Gasteiger partial charge >= 0.3 is 0 Å². The Morgan fingerprint density at radius 3 is 2.88 bits per heavy atom. The first-order chi connectivity index (χ1) is 8.33. The molecule has 0 saturated carbocycles. The van der Waals surface area contributed by atoms with Crippen LogP contribution in [0.15, 0.2) is 0 Å². The van der Waals surface area contributed by atoms with Crippen molar-refractivity contribution in [3.63, 3.8) is 0 Å². The zero-order chi connectivity index (χ0) is 12.1. The van der Waals surface area contributed by atoms with Crippen molar-refractivity contribution in [1.29, 1.82) is 0 Å². The minimum Gasteiger partial charge on any atom is -0.339 e. The van der Waals surface area contributed by atoms with Gasteiger partial charge in [-0.05, 0) is 26.1 Å². The summed E-state index contributed by atoms with van der Waals surface area (Å²) in [4.78, 5) is 6.82. The SMILES string of the molecule is CNC1CCN(c2n[nH]c(CCSC)n2)CC1. The highest BCUT2D eigenvalue weighted by Gasteiger charge is 2.20. The predicted octanol–water partition coefficient (Wildman–Crippen LogP) is 0.898. The quantitative estimate of drug-likeness (QED) is 0.818. The molecule has 1 aliphatic heterocycles. The number of aromatic amines is 1. The van der Waals surface area contributed by atoms with Crippen LogP contribution in [-0.2, 0) is 6.42 Å². The van der Waals surface area contributed by atoms with E-state index in [1.165, 1.54) is 12.8 Å². The first-order valence-electron chi connectivity index (χ1n) is 6.16. The van der Waals surface area contributed by atoms with Gasteiger partial charge in [0.1, 0.15) is 5.82 Å². The maximum Gasteiger partial charge on any atom is 0.244 e. The van der Waals surface area contributed by atoms with E-state index in [1.807, 2.05) is 18.8 Å². The minimum absolute atomic E-state index is 0.654. The van der Waals surface area contributed by atoms with Gasteiger partial charge in [0.15, 0.2) is 0 Å². The number of anilines is 1. The van der Waals surface area contributed by atoms with Gasteiger partial charge in [-0.1, -0.05) is 0 Å². The fourth-order valence-electron chi connectivity index (χ4n) is 2.11. The number of aromatic nitrogens is 3. The van der Waals surface area contributed by atoms with Crippen molar-refractivity contribution in [1.82, 2.24) is 20.5 Å². The summed E-state index contributed by atoms with van der Waals surface area (Å²) in [6.07, 6.45) is 5.43. The summed E-state index contributed by atoms with van der Waals surface area (Å²) in [5, 5.41) is 10.7. The predicted molar refractivity (Wildman–Crippen MR) is 72.8 cm³/mol. The van der Waals surface area contributed by atoms with Gasteiger partial charge in [0.05, 0.1) is 0 Å². The van der Waals surface area contributed by atoms with E-state index in [9.17, 15) is 0 Å². The molecule has 0 atom stereocenters. The van der Waals surface area contributed by atoms with E-state index in [-0.39, 0.29) is 0 Å². The second kappa shape index (κ2) is 6.26. The van der Waals surface area contributed by atoms with Gasteiger partial charge in [-0.15, -0.1) is 5.10 Å². The molecule has 0 radical (unpaired) electrons. The molecule has 0 aliphatic carbocycles. The zero-order valence-electron chi connectivity index (χ0n) is 10.6. The van der Waals surface area contributed by atoms with Crippen LogP contribution in [0.4, 0.5) is 5.95 Å². The van der Waals surface area contributed by atoms with Crippen LogP contribution in [0, 0.1) is 0 Å². The van der Waals surface area contributed by atoms with E-state index >= 15 is 0 Å². The van der Waals surface area contributed by atoms with Crippen molar-refractivity contribution < 1.29 is 0 Å². The fraction of sp³-hybridized carbons (Fsp3) is 0.818. The molecular formula is C11H21N5S. The smallest absolute Gasteiger partial charge is 0.244 e. The van der Waals surface area contributed by atoms with E-state index in [2.05, 4.69) is 31.7 Å². The zero-order valence-corrected chi connectivity index (χ0v) is 11.4. The lowest BCUT2D eigenvalue weighted by Gasteiger charge is -2.30. The lowest BCUT2D eigenvalue weighted by Crippen LogP contribution is -2.41. The highest BCUT2D eigenvalue weighted by atomic mass is 32.2. The Bertz CT molecular complexity index is 332. The number of thioether (sulfide) groups is 1. The molecule has 2 heterocycles. The number of hydrogen-bond donors (Lipinski definition) is 2. The van der Waals surface area contributed by atoms with Crippen molar-refractivity contribution >= 4 is 17.7 Å². The Balaban J connectivity index is 1.87. The third-order valence-corrected chi connectivity index (χ3v) is 3.86. The van der Waals surface area contributed by atoms with Crippen molar-refractivity contribution in [2.45, 2.75) is 25.3 Å². The molecule has 6 heteroatoms. The molecule has 1 aromatic heterocycles. The number of hydrogen-bond acceptors (Lipinski definition) is 5. The Labute approximate surface area is 107 Å². The van der Waals surface area contributed by atoms with E-state index in [4.69, 9.17) is 0 Å². The highest BCUT2D eigenvalue weighted by molar-refractivity contribution is 7.98. The number of nitrogens with zero attached hydrogens (tertiary/aromatic N) is 3.